The molecule has 0 amide bonds. The van der Waals surface area contributed by atoms with Gasteiger partial charge in [-0.05, 0) is 25.1 Å². The molecule has 4 rings (SSSR count). The van der Waals surface area contributed by atoms with E-state index < -0.39 is 4.92 Å². The number of aromatic nitrogens is 4. The summed E-state index contributed by atoms with van der Waals surface area (Å²) in [6, 6.07) is 7.96. The number of hydrogen-bond donors (Lipinski definition) is 1. The minimum Gasteiger partial charge on any atom is -0.415 e. The van der Waals surface area contributed by atoms with E-state index in [2.05, 4.69) is 32.0 Å². The minimum absolute atomic E-state index is 0.0292. The van der Waals surface area contributed by atoms with Crippen LogP contribution in [-0.2, 0) is 0 Å². The van der Waals surface area contributed by atoms with Crippen molar-refractivity contribution in [1.82, 2.24) is 20.2 Å². The van der Waals surface area contributed by atoms with Crippen LogP contribution in [0.15, 0.2) is 47.1 Å². The summed E-state index contributed by atoms with van der Waals surface area (Å²) in [6.45, 7) is 5.60. The summed E-state index contributed by atoms with van der Waals surface area (Å²) in [5, 5.41) is 19.1. The molecule has 0 spiro atoms. The van der Waals surface area contributed by atoms with Gasteiger partial charge < -0.3 is 14.2 Å². The largest absolute Gasteiger partial charge is 0.415 e. The number of nitro benzene ring substituents is 1. The highest BCUT2D eigenvalue weighted by molar-refractivity contribution is 5.55. The second kappa shape index (κ2) is 7.69. The Labute approximate surface area is 161 Å². The molecule has 0 bridgehead atoms. The zero-order valence-corrected chi connectivity index (χ0v) is 15.4. The van der Waals surface area contributed by atoms with Crippen molar-refractivity contribution in [2.75, 3.05) is 31.1 Å². The SMILES string of the molecule is C[C@H](c1nnc(-c2ccc([N+](=O)[O-])cc2)o1)[NH+]1CCN(c2ncccn2)CC1. The van der Waals surface area contributed by atoms with Crippen LogP contribution in [0.4, 0.5) is 11.6 Å². The van der Waals surface area contributed by atoms with Crippen LogP contribution >= 0.6 is 0 Å². The fourth-order valence-electron chi connectivity index (χ4n) is 3.31. The monoisotopic (exact) mass is 382 g/mol. The van der Waals surface area contributed by atoms with Crippen LogP contribution in [-0.4, -0.2) is 51.3 Å². The maximum Gasteiger partial charge on any atom is 0.274 e. The normalized spacial score (nSPS) is 16.1. The highest BCUT2D eigenvalue weighted by Crippen LogP contribution is 2.22. The molecule has 1 aliphatic heterocycles. The van der Waals surface area contributed by atoms with Gasteiger partial charge in [0, 0.05) is 30.1 Å². The van der Waals surface area contributed by atoms with Crippen molar-refractivity contribution in [3.63, 3.8) is 0 Å². The number of piperazine rings is 1. The fraction of sp³-hybridized carbons (Fsp3) is 0.333. The molecule has 1 fully saturated rings. The third kappa shape index (κ3) is 3.67. The third-order valence-corrected chi connectivity index (χ3v) is 4.99. The minimum atomic E-state index is -0.436. The number of nitrogens with one attached hydrogen (secondary N) is 1. The first-order valence-electron chi connectivity index (χ1n) is 9.06. The molecule has 1 atom stereocenters. The van der Waals surface area contributed by atoms with Crippen LogP contribution in [0.5, 0.6) is 0 Å². The van der Waals surface area contributed by atoms with Crippen molar-refractivity contribution < 1.29 is 14.2 Å². The van der Waals surface area contributed by atoms with Gasteiger partial charge in [0.1, 0.15) is 0 Å². The number of non-ortho nitro benzene ring substituents is 1. The molecule has 0 aliphatic carbocycles. The van der Waals surface area contributed by atoms with Gasteiger partial charge in [0.05, 0.1) is 31.1 Å². The number of nitro groups is 1. The van der Waals surface area contributed by atoms with Crippen LogP contribution < -0.4 is 9.80 Å². The molecule has 1 aromatic carbocycles. The van der Waals surface area contributed by atoms with E-state index in [1.807, 2.05) is 6.07 Å². The van der Waals surface area contributed by atoms with Gasteiger partial charge in [-0.2, -0.15) is 0 Å². The third-order valence-electron chi connectivity index (χ3n) is 4.99. The van der Waals surface area contributed by atoms with Crippen molar-refractivity contribution in [3.05, 3.63) is 58.7 Å². The summed E-state index contributed by atoms with van der Waals surface area (Å²) in [7, 11) is 0. The van der Waals surface area contributed by atoms with Crippen LogP contribution in [0.3, 0.4) is 0 Å². The number of quaternary nitrogens is 1. The molecule has 10 nitrogen and oxygen atoms in total. The first-order chi connectivity index (χ1) is 13.6. The molecule has 3 heterocycles. The van der Waals surface area contributed by atoms with Crippen LogP contribution in [0.2, 0.25) is 0 Å². The van der Waals surface area contributed by atoms with Crippen LogP contribution in [0, 0.1) is 10.1 Å². The standard InChI is InChI=1S/C18H19N7O3/c1-13(23-9-11-24(12-10-23)18-19-7-2-8-20-18)16-21-22-17(28-16)14-3-5-15(6-4-14)25(26)27/h2-8,13H,9-12H2,1H3/p+1/t13-/m1/s1. The molecular formula is C18H20N7O3+. The molecule has 1 N–H and O–H groups in total. The number of hydrogen-bond acceptors (Lipinski definition) is 8. The molecule has 144 valence electrons. The average molecular weight is 382 g/mol. The lowest BCUT2D eigenvalue weighted by molar-refractivity contribution is -0.931. The molecule has 1 aliphatic rings. The van der Waals surface area contributed by atoms with Gasteiger partial charge in [-0.25, -0.2) is 9.97 Å². The molecule has 10 heteroatoms. The lowest BCUT2D eigenvalue weighted by Crippen LogP contribution is -3.14. The topological polar surface area (TPSA) is 116 Å². The highest BCUT2D eigenvalue weighted by atomic mass is 16.6. The summed E-state index contributed by atoms with van der Waals surface area (Å²) in [6.07, 6.45) is 3.50. The van der Waals surface area contributed by atoms with Gasteiger partial charge in [-0.3, -0.25) is 10.1 Å². The Bertz CT molecular complexity index is 937. The summed E-state index contributed by atoms with van der Waals surface area (Å²) < 4.78 is 5.85. The molecular weight excluding hydrogens is 362 g/mol. The highest BCUT2D eigenvalue weighted by Gasteiger charge is 2.30. The summed E-state index contributed by atoms with van der Waals surface area (Å²) in [5.41, 5.74) is 0.694. The number of anilines is 1. The molecule has 0 saturated carbocycles. The molecule has 28 heavy (non-hydrogen) atoms. The van der Waals surface area contributed by atoms with Gasteiger partial charge in [0.25, 0.3) is 11.6 Å². The van der Waals surface area contributed by atoms with Gasteiger partial charge in [-0.1, -0.05) is 0 Å². The Kier molecular flexibility index (Phi) is 4.94. The van der Waals surface area contributed by atoms with E-state index in [9.17, 15) is 10.1 Å². The van der Waals surface area contributed by atoms with Gasteiger partial charge in [-0.15, -0.1) is 10.2 Å². The summed E-state index contributed by atoms with van der Waals surface area (Å²) in [5.74, 6) is 1.69. The Morgan fingerprint density at radius 1 is 1.14 bits per heavy atom. The zero-order chi connectivity index (χ0) is 19.5. The van der Waals surface area contributed by atoms with Crippen LogP contribution in [0.25, 0.3) is 11.5 Å². The van der Waals surface area contributed by atoms with Crippen LogP contribution in [0.1, 0.15) is 18.9 Å². The predicted molar refractivity (Wildman–Crippen MR) is 99.7 cm³/mol. The van der Waals surface area contributed by atoms with E-state index >= 15 is 0 Å². The second-order valence-corrected chi connectivity index (χ2v) is 6.67. The van der Waals surface area contributed by atoms with Gasteiger partial charge in [0.15, 0.2) is 6.04 Å². The molecule has 1 saturated heterocycles. The lowest BCUT2D eigenvalue weighted by Gasteiger charge is -2.34. The maximum atomic E-state index is 10.8. The van der Waals surface area contributed by atoms with Crippen molar-refractivity contribution in [2.45, 2.75) is 13.0 Å². The Morgan fingerprint density at radius 2 is 1.82 bits per heavy atom. The Morgan fingerprint density at radius 3 is 2.46 bits per heavy atom. The first-order valence-corrected chi connectivity index (χ1v) is 9.06. The van der Waals surface area contributed by atoms with E-state index in [4.69, 9.17) is 4.42 Å². The number of benzene rings is 1. The molecule has 0 radical (unpaired) electrons. The van der Waals surface area contributed by atoms with E-state index in [1.165, 1.54) is 17.0 Å². The van der Waals surface area contributed by atoms with E-state index in [1.54, 1.807) is 24.5 Å². The fourth-order valence-corrected chi connectivity index (χ4v) is 3.31. The molecule has 3 aromatic rings. The van der Waals surface area contributed by atoms with Crippen molar-refractivity contribution in [1.29, 1.82) is 0 Å². The van der Waals surface area contributed by atoms with Gasteiger partial charge >= 0.3 is 0 Å². The lowest BCUT2D eigenvalue weighted by atomic mass is 10.2. The predicted octanol–water partition coefficient (Wildman–Crippen LogP) is 0.901. The summed E-state index contributed by atoms with van der Waals surface area (Å²) >= 11 is 0. The molecule has 2 aromatic heterocycles. The smallest absolute Gasteiger partial charge is 0.274 e. The Balaban J connectivity index is 1.41. The quantitative estimate of drug-likeness (QED) is 0.511. The van der Waals surface area contributed by atoms with E-state index in [0.29, 0.717) is 17.3 Å². The molecule has 0 unspecified atom stereocenters. The Hall–Kier alpha value is -3.40. The zero-order valence-electron chi connectivity index (χ0n) is 15.4. The van der Waals surface area contributed by atoms with E-state index in [-0.39, 0.29) is 11.7 Å². The average Bonchev–Trinajstić information content (AvgIpc) is 3.24. The maximum absolute atomic E-state index is 10.8. The van der Waals surface area contributed by atoms with E-state index in [0.717, 1.165) is 32.1 Å². The number of rotatable bonds is 5. The van der Waals surface area contributed by atoms with Gasteiger partial charge in [0.2, 0.25) is 11.8 Å². The van der Waals surface area contributed by atoms with Crippen molar-refractivity contribution in [2.24, 2.45) is 0 Å². The first kappa shape index (κ1) is 18.0. The summed E-state index contributed by atoms with van der Waals surface area (Å²) in [4.78, 5) is 22.5. The van der Waals surface area contributed by atoms with Crippen molar-refractivity contribution in [3.8, 4) is 11.5 Å². The second-order valence-electron chi connectivity index (χ2n) is 6.67. The van der Waals surface area contributed by atoms with Crippen molar-refractivity contribution >= 4 is 11.6 Å². The number of nitrogens with zero attached hydrogens (tertiary/aromatic N) is 6.